The average molecular weight is 184 g/mol. The van der Waals surface area contributed by atoms with Gasteiger partial charge in [0.1, 0.15) is 0 Å². The Kier molecular flexibility index (Phi) is 3.92. The van der Waals surface area contributed by atoms with Gasteiger partial charge < -0.3 is 9.84 Å². The third kappa shape index (κ3) is 2.82. The Morgan fingerprint density at radius 2 is 2.46 bits per heavy atom. The van der Waals surface area contributed by atoms with E-state index in [-0.39, 0.29) is 0 Å². The zero-order valence-corrected chi connectivity index (χ0v) is 8.10. The molecule has 0 aliphatic carbocycles. The zero-order valence-electron chi connectivity index (χ0n) is 8.10. The molecule has 1 unspecified atom stereocenters. The molecule has 4 heteroatoms. The van der Waals surface area contributed by atoms with Crippen LogP contribution in [0.5, 0.6) is 0 Å². The van der Waals surface area contributed by atoms with Crippen LogP contribution in [0.3, 0.4) is 0 Å². The summed E-state index contributed by atoms with van der Waals surface area (Å²) in [7, 11) is 3.49. The van der Waals surface area contributed by atoms with Crippen molar-refractivity contribution in [2.24, 2.45) is 7.05 Å². The molecule has 13 heavy (non-hydrogen) atoms. The van der Waals surface area contributed by atoms with Crippen molar-refractivity contribution in [1.29, 1.82) is 0 Å². The topological polar surface area (TPSA) is 47.3 Å². The molecule has 1 heterocycles. The lowest BCUT2D eigenvalue weighted by molar-refractivity contribution is 0.130. The molecule has 1 atom stereocenters. The van der Waals surface area contributed by atoms with E-state index >= 15 is 0 Å². The molecule has 0 amide bonds. The molecule has 0 spiro atoms. The molecule has 1 rings (SSSR count). The Bertz CT molecular complexity index is 248. The van der Waals surface area contributed by atoms with Crippen LogP contribution in [-0.4, -0.2) is 28.6 Å². The minimum absolute atomic E-state index is 0.428. The smallest absolute Gasteiger partial charge is 0.0957 e. The van der Waals surface area contributed by atoms with Crippen LogP contribution in [0, 0.1) is 0 Å². The summed E-state index contributed by atoms with van der Waals surface area (Å²) < 4.78 is 6.60. The number of hydrogen-bond donors (Lipinski definition) is 1. The standard InChI is InChI=1S/C9H16N2O2/c1-11-8(5-6-10-11)9(12)4-3-7-13-2/h5-6,9,12H,3-4,7H2,1-2H3. The maximum absolute atomic E-state index is 9.70. The van der Waals surface area contributed by atoms with Crippen molar-refractivity contribution in [3.05, 3.63) is 18.0 Å². The van der Waals surface area contributed by atoms with Crippen molar-refractivity contribution >= 4 is 0 Å². The quantitative estimate of drug-likeness (QED) is 0.691. The molecule has 1 aromatic rings. The summed E-state index contributed by atoms with van der Waals surface area (Å²) in [6, 6.07) is 1.83. The fraction of sp³-hybridized carbons (Fsp3) is 0.667. The van der Waals surface area contributed by atoms with Gasteiger partial charge >= 0.3 is 0 Å². The number of methoxy groups -OCH3 is 1. The van der Waals surface area contributed by atoms with Crippen molar-refractivity contribution in [1.82, 2.24) is 9.78 Å². The van der Waals surface area contributed by atoms with Crippen LogP contribution in [0.4, 0.5) is 0 Å². The minimum atomic E-state index is -0.428. The number of nitrogens with zero attached hydrogens (tertiary/aromatic N) is 2. The molecule has 0 fully saturated rings. The van der Waals surface area contributed by atoms with Gasteiger partial charge in [-0.3, -0.25) is 4.68 Å². The van der Waals surface area contributed by atoms with Crippen LogP contribution < -0.4 is 0 Å². The zero-order chi connectivity index (χ0) is 9.68. The Morgan fingerprint density at radius 1 is 1.69 bits per heavy atom. The lowest BCUT2D eigenvalue weighted by atomic mass is 10.1. The second-order valence-electron chi connectivity index (χ2n) is 3.03. The van der Waals surface area contributed by atoms with Gasteiger partial charge in [-0.05, 0) is 18.9 Å². The van der Waals surface area contributed by atoms with Crippen molar-refractivity contribution in [2.45, 2.75) is 18.9 Å². The third-order valence-corrected chi connectivity index (χ3v) is 2.03. The molecule has 0 bridgehead atoms. The second-order valence-corrected chi connectivity index (χ2v) is 3.03. The largest absolute Gasteiger partial charge is 0.387 e. The number of aryl methyl sites for hydroxylation is 1. The lowest BCUT2D eigenvalue weighted by Crippen LogP contribution is -2.06. The number of aliphatic hydroxyl groups excluding tert-OH is 1. The predicted octanol–water partition coefficient (Wildman–Crippen LogP) is 0.880. The fourth-order valence-corrected chi connectivity index (χ4v) is 1.28. The van der Waals surface area contributed by atoms with Gasteiger partial charge in [-0.2, -0.15) is 5.10 Å². The van der Waals surface area contributed by atoms with Gasteiger partial charge in [0.2, 0.25) is 0 Å². The molecule has 74 valence electrons. The number of rotatable bonds is 5. The lowest BCUT2D eigenvalue weighted by Gasteiger charge is -2.09. The summed E-state index contributed by atoms with van der Waals surface area (Å²) >= 11 is 0. The Balaban J connectivity index is 2.39. The van der Waals surface area contributed by atoms with E-state index in [9.17, 15) is 5.11 Å². The number of aliphatic hydroxyl groups is 1. The summed E-state index contributed by atoms with van der Waals surface area (Å²) in [5.74, 6) is 0. The summed E-state index contributed by atoms with van der Waals surface area (Å²) in [6.07, 6.45) is 2.84. The second kappa shape index (κ2) is 4.99. The summed E-state index contributed by atoms with van der Waals surface area (Å²) in [6.45, 7) is 0.689. The first-order valence-electron chi connectivity index (χ1n) is 4.40. The van der Waals surface area contributed by atoms with Crippen LogP contribution in [0.1, 0.15) is 24.6 Å². The van der Waals surface area contributed by atoms with Crippen LogP contribution in [-0.2, 0) is 11.8 Å². The first-order chi connectivity index (χ1) is 6.25. The van der Waals surface area contributed by atoms with Crippen LogP contribution in [0.25, 0.3) is 0 Å². The molecule has 1 aromatic heterocycles. The third-order valence-electron chi connectivity index (χ3n) is 2.03. The van der Waals surface area contributed by atoms with Gasteiger partial charge in [-0.25, -0.2) is 0 Å². The molecule has 0 saturated carbocycles. The molecule has 0 aromatic carbocycles. The number of ether oxygens (including phenoxy) is 1. The molecule has 4 nitrogen and oxygen atoms in total. The normalized spacial score (nSPS) is 13.2. The highest BCUT2D eigenvalue weighted by atomic mass is 16.5. The van der Waals surface area contributed by atoms with Crippen LogP contribution >= 0.6 is 0 Å². The Labute approximate surface area is 78.1 Å². The van der Waals surface area contributed by atoms with E-state index in [4.69, 9.17) is 4.74 Å². The van der Waals surface area contributed by atoms with Crippen molar-refractivity contribution < 1.29 is 9.84 Å². The van der Waals surface area contributed by atoms with Gasteiger partial charge in [0, 0.05) is 27.0 Å². The van der Waals surface area contributed by atoms with E-state index in [1.54, 1.807) is 18.0 Å². The highest BCUT2D eigenvalue weighted by Crippen LogP contribution is 2.16. The maximum Gasteiger partial charge on any atom is 0.0957 e. The molecule has 1 N–H and O–H groups in total. The molecule has 0 saturated heterocycles. The van der Waals surface area contributed by atoms with E-state index in [2.05, 4.69) is 5.10 Å². The maximum atomic E-state index is 9.70. The highest BCUT2D eigenvalue weighted by molar-refractivity contribution is 5.03. The van der Waals surface area contributed by atoms with Crippen molar-refractivity contribution in [2.75, 3.05) is 13.7 Å². The number of aromatic nitrogens is 2. The van der Waals surface area contributed by atoms with E-state index in [0.717, 1.165) is 12.1 Å². The average Bonchev–Trinajstić information content (AvgIpc) is 2.52. The van der Waals surface area contributed by atoms with Gasteiger partial charge in [-0.1, -0.05) is 0 Å². The van der Waals surface area contributed by atoms with Crippen molar-refractivity contribution in [3.8, 4) is 0 Å². The highest BCUT2D eigenvalue weighted by Gasteiger charge is 2.10. The van der Waals surface area contributed by atoms with E-state index in [1.807, 2.05) is 13.1 Å². The fourth-order valence-electron chi connectivity index (χ4n) is 1.28. The first-order valence-corrected chi connectivity index (χ1v) is 4.40. The minimum Gasteiger partial charge on any atom is -0.387 e. The van der Waals surface area contributed by atoms with Crippen LogP contribution in [0.2, 0.25) is 0 Å². The van der Waals surface area contributed by atoms with E-state index in [1.165, 1.54) is 0 Å². The van der Waals surface area contributed by atoms with Gasteiger partial charge in [0.15, 0.2) is 0 Å². The molecule has 0 aliphatic heterocycles. The first kappa shape index (κ1) is 10.2. The molecule has 0 aliphatic rings. The summed E-state index contributed by atoms with van der Waals surface area (Å²) in [5.41, 5.74) is 0.858. The monoisotopic (exact) mass is 184 g/mol. The Morgan fingerprint density at radius 3 is 3.00 bits per heavy atom. The van der Waals surface area contributed by atoms with Crippen molar-refractivity contribution in [3.63, 3.8) is 0 Å². The van der Waals surface area contributed by atoms with Crippen LogP contribution in [0.15, 0.2) is 12.3 Å². The molecular weight excluding hydrogens is 168 g/mol. The van der Waals surface area contributed by atoms with Gasteiger partial charge in [0.25, 0.3) is 0 Å². The van der Waals surface area contributed by atoms with Gasteiger partial charge in [-0.15, -0.1) is 0 Å². The Hall–Kier alpha value is -0.870. The van der Waals surface area contributed by atoms with E-state index < -0.39 is 6.10 Å². The van der Waals surface area contributed by atoms with Gasteiger partial charge in [0.05, 0.1) is 11.8 Å². The number of hydrogen-bond acceptors (Lipinski definition) is 3. The summed E-state index contributed by atoms with van der Waals surface area (Å²) in [5, 5.41) is 13.7. The predicted molar refractivity (Wildman–Crippen MR) is 49.3 cm³/mol. The van der Waals surface area contributed by atoms with E-state index in [0.29, 0.717) is 13.0 Å². The molecule has 0 radical (unpaired) electrons. The summed E-state index contributed by atoms with van der Waals surface area (Å²) in [4.78, 5) is 0. The molecular formula is C9H16N2O2. The SMILES string of the molecule is COCCCC(O)c1ccnn1C.